The maximum absolute atomic E-state index is 13.5. The van der Waals surface area contributed by atoms with Crippen molar-refractivity contribution in [1.82, 2.24) is 4.98 Å². The molecule has 0 bridgehead atoms. The lowest BCUT2D eigenvalue weighted by Gasteiger charge is -2.24. The molecule has 0 radical (unpaired) electrons. The summed E-state index contributed by atoms with van der Waals surface area (Å²) < 4.78 is 33.0. The zero-order chi connectivity index (χ0) is 19.1. The highest BCUT2D eigenvalue weighted by molar-refractivity contribution is 6.21. The van der Waals surface area contributed by atoms with Gasteiger partial charge in [0, 0.05) is 17.8 Å². The second-order valence-electron chi connectivity index (χ2n) is 6.79. The molecular weight excluding hydrogens is 336 g/mol. The molecule has 5 heteroatoms. The summed E-state index contributed by atoms with van der Waals surface area (Å²) in [4.78, 5) is 15.9. The molecule has 3 nitrogen and oxygen atoms in total. The molecule has 0 unspecified atom stereocenters. The molecule has 0 atom stereocenters. The first-order valence-corrected chi connectivity index (χ1v) is 8.24. The summed E-state index contributed by atoms with van der Waals surface area (Å²) in [5, 5.41) is 0. The third-order valence-corrected chi connectivity index (χ3v) is 4.38. The topological polar surface area (TPSA) is 39.2 Å². The molecule has 0 saturated carbocycles. The summed E-state index contributed by atoms with van der Waals surface area (Å²) in [5.74, 6) is -0.749. The molecule has 2 heterocycles. The van der Waals surface area contributed by atoms with Gasteiger partial charge in [0.2, 0.25) is 5.95 Å². The number of halogens is 2. The van der Waals surface area contributed by atoms with Crippen molar-refractivity contribution >= 4 is 16.9 Å². The van der Waals surface area contributed by atoms with Crippen LogP contribution >= 0.6 is 0 Å². The summed E-state index contributed by atoms with van der Waals surface area (Å²) in [7, 11) is 0. The Morgan fingerprint density at radius 1 is 1.15 bits per heavy atom. The smallest absolute Gasteiger partial charge is 0.213 e. The van der Waals surface area contributed by atoms with E-state index in [-0.39, 0.29) is 11.6 Å². The van der Waals surface area contributed by atoms with Gasteiger partial charge in [0.25, 0.3) is 0 Å². The second-order valence-corrected chi connectivity index (χ2v) is 6.79. The normalized spacial score (nSPS) is 17.5. The summed E-state index contributed by atoms with van der Waals surface area (Å²) >= 11 is 0. The van der Waals surface area contributed by atoms with Gasteiger partial charge in [-0.25, -0.2) is 9.37 Å². The minimum atomic E-state index is -0.752. The SMILES string of the molecule is CC(=O)/C(=C1\C=C(c2ccnc(F)c2)C(C)(C)O1)c1ccc(F)cc1C. The van der Waals surface area contributed by atoms with Crippen LogP contribution in [0.25, 0.3) is 11.1 Å². The van der Waals surface area contributed by atoms with Crippen molar-refractivity contribution in [2.45, 2.75) is 33.3 Å². The Morgan fingerprint density at radius 2 is 1.88 bits per heavy atom. The Labute approximate surface area is 151 Å². The Bertz CT molecular complexity index is 958. The fraction of sp³-hybridized carbons (Fsp3) is 0.238. The summed E-state index contributed by atoms with van der Waals surface area (Å²) in [6, 6.07) is 7.29. The van der Waals surface area contributed by atoms with E-state index in [4.69, 9.17) is 4.74 Å². The predicted octanol–water partition coefficient (Wildman–Crippen LogP) is 4.86. The average Bonchev–Trinajstić information content (AvgIpc) is 2.84. The number of aromatic nitrogens is 1. The van der Waals surface area contributed by atoms with Crippen LogP contribution in [0.5, 0.6) is 0 Å². The number of aryl methyl sites for hydroxylation is 1. The maximum atomic E-state index is 13.5. The molecule has 0 N–H and O–H groups in total. The molecule has 134 valence electrons. The highest BCUT2D eigenvalue weighted by Gasteiger charge is 2.35. The van der Waals surface area contributed by atoms with Gasteiger partial charge in [-0.05, 0) is 68.7 Å². The molecule has 0 saturated heterocycles. The molecule has 1 aliphatic rings. The van der Waals surface area contributed by atoms with E-state index in [1.807, 2.05) is 13.8 Å². The van der Waals surface area contributed by atoms with Gasteiger partial charge in [-0.3, -0.25) is 4.79 Å². The van der Waals surface area contributed by atoms with E-state index in [9.17, 15) is 13.6 Å². The second kappa shape index (κ2) is 6.48. The highest BCUT2D eigenvalue weighted by atomic mass is 19.1. The number of carbonyl (C=O) groups is 1. The van der Waals surface area contributed by atoms with Gasteiger partial charge in [0.15, 0.2) is 5.78 Å². The van der Waals surface area contributed by atoms with Crippen molar-refractivity contribution < 1.29 is 18.3 Å². The van der Waals surface area contributed by atoms with Crippen molar-refractivity contribution in [3.8, 4) is 0 Å². The third kappa shape index (κ3) is 3.29. The fourth-order valence-corrected chi connectivity index (χ4v) is 3.19. The molecule has 0 fully saturated rings. The number of Topliss-reactive ketones (excluding diaryl/α,β-unsaturated/α-hetero) is 1. The number of ether oxygens (including phenoxy) is 1. The third-order valence-electron chi connectivity index (χ3n) is 4.38. The summed E-state index contributed by atoms with van der Waals surface area (Å²) in [6.07, 6.45) is 3.13. The molecule has 1 aliphatic heterocycles. The number of benzene rings is 1. The van der Waals surface area contributed by atoms with Crippen LogP contribution in [0.15, 0.2) is 48.4 Å². The quantitative estimate of drug-likeness (QED) is 0.583. The van der Waals surface area contributed by atoms with Gasteiger partial charge in [-0.1, -0.05) is 6.07 Å². The molecule has 2 aromatic rings. The lowest BCUT2D eigenvalue weighted by atomic mass is 9.92. The van der Waals surface area contributed by atoms with E-state index in [1.165, 1.54) is 31.3 Å². The number of hydrogen-bond donors (Lipinski definition) is 0. The first-order chi connectivity index (χ1) is 12.2. The standard InChI is InChI=1S/C21H19F2NO2/c1-12-9-15(22)5-6-16(12)20(13(2)25)18-11-17(21(3,4)26-18)14-7-8-24-19(23)10-14/h5-11H,1-4H3/b20-18-. The van der Waals surface area contributed by atoms with Crippen LogP contribution in [-0.2, 0) is 9.53 Å². The minimum Gasteiger partial charge on any atom is -0.482 e. The average molecular weight is 355 g/mol. The lowest BCUT2D eigenvalue weighted by molar-refractivity contribution is -0.112. The van der Waals surface area contributed by atoms with E-state index in [0.717, 1.165) is 5.57 Å². The van der Waals surface area contributed by atoms with Crippen molar-refractivity contribution in [3.63, 3.8) is 0 Å². The molecule has 3 rings (SSSR count). The van der Waals surface area contributed by atoms with E-state index in [1.54, 1.807) is 25.1 Å². The molecule has 0 amide bonds. The molecule has 1 aromatic heterocycles. The number of allylic oxidation sites excluding steroid dienone is 2. The van der Waals surface area contributed by atoms with Crippen LogP contribution in [-0.4, -0.2) is 16.4 Å². The molecular formula is C21H19F2NO2. The lowest BCUT2D eigenvalue weighted by Crippen LogP contribution is -2.21. The van der Waals surface area contributed by atoms with Gasteiger partial charge in [-0.2, -0.15) is 4.39 Å². The molecule has 26 heavy (non-hydrogen) atoms. The minimum absolute atomic E-state index is 0.191. The van der Waals surface area contributed by atoms with Gasteiger partial charge in [0.05, 0.1) is 5.57 Å². The predicted molar refractivity (Wildman–Crippen MR) is 96.1 cm³/mol. The van der Waals surface area contributed by atoms with Gasteiger partial charge >= 0.3 is 0 Å². The summed E-state index contributed by atoms with van der Waals surface area (Å²) in [5.41, 5.74) is 2.25. The van der Waals surface area contributed by atoms with Crippen LogP contribution in [0.1, 0.15) is 37.5 Å². The van der Waals surface area contributed by atoms with E-state index < -0.39 is 11.5 Å². The molecule has 0 aliphatic carbocycles. The van der Waals surface area contributed by atoms with Gasteiger partial charge in [-0.15, -0.1) is 0 Å². The molecule has 1 aromatic carbocycles. The fourth-order valence-electron chi connectivity index (χ4n) is 3.19. The van der Waals surface area contributed by atoms with Crippen LogP contribution in [0.2, 0.25) is 0 Å². The largest absolute Gasteiger partial charge is 0.482 e. The van der Waals surface area contributed by atoms with Crippen LogP contribution in [0.3, 0.4) is 0 Å². The first kappa shape index (κ1) is 18.0. The zero-order valence-electron chi connectivity index (χ0n) is 15.1. The van der Waals surface area contributed by atoms with Crippen molar-refractivity contribution in [3.05, 3.63) is 76.8 Å². The maximum Gasteiger partial charge on any atom is 0.213 e. The Hall–Kier alpha value is -2.82. The number of ketones is 1. The summed E-state index contributed by atoms with van der Waals surface area (Å²) in [6.45, 7) is 6.88. The van der Waals surface area contributed by atoms with E-state index in [0.29, 0.717) is 28.0 Å². The van der Waals surface area contributed by atoms with Gasteiger partial charge in [0.1, 0.15) is 17.2 Å². The van der Waals surface area contributed by atoms with Crippen molar-refractivity contribution in [2.24, 2.45) is 0 Å². The van der Waals surface area contributed by atoms with Crippen molar-refractivity contribution in [1.29, 1.82) is 0 Å². The van der Waals surface area contributed by atoms with Crippen LogP contribution in [0.4, 0.5) is 8.78 Å². The Morgan fingerprint density at radius 3 is 2.50 bits per heavy atom. The Kier molecular flexibility index (Phi) is 4.48. The highest BCUT2D eigenvalue weighted by Crippen LogP contribution is 2.42. The number of rotatable bonds is 3. The molecule has 0 spiro atoms. The van der Waals surface area contributed by atoms with E-state index >= 15 is 0 Å². The monoisotopic (exact) mass is 355 g/mol. The van der Waals surface area contributed by atoms with Crippen LogP contribution in [0, 0.1) is 18.7 Å². The number of carbonyl (C=O) groups excluding carboxylic acids is 1. The van der Waals surface area contributed by atoms with E-state index in [2.05, 4.69) is 4.98 Å². The number of hydrogen-bond acceptors (Lipinski definition) is 3. The van der Waals surface area contributed by atoms with Crippen molar-refractivity contribution in [2.75, 3.05) is 0 Å². The van der Waals surface area contributed by atoms with Crippen LogP contribution < -0.4 is 0 Å². The number of pyridine rings is 1. The number of nitrogens with zero attached hydrogens (tertiary/aromatic N) is 1. The zero-order valence-corrected chi connectivity index (χ0v) is 15.1. The Balaban J connectivity index is 2.20. The first-order valence-electron chi connectivity index (χ1n) is 8.24. The van der Waals surface area contributed by atoms with Gasteiger partial charge < -0.3 is 4.74 Å².